The Balaban J connectivity index is 1.82. The summed E-state index contributed by atoms with van der Waals surface area (Å²) >= 11 is 1.60. The minimum Gasteiger partial charge on any atom is -0.346 e. The second kappa shape index (κ2) is 8.41. The molecular weight excluding hydrogens is 342 g/mol. The second-order valence-corrected chi connectivity index (χ2v) is 6.57. The number of para-hydroxylation sites is 2. The van der Waals surface area contributed by atoms with Gasteiger partial charge in [0.05, 0.1) is 18.2 Å². The third-order valence-corrected chi connectivity index (χ3v) is 4.86. The highest BCUT2D eigenvalue weighted by molar-refractivity contribution is 7.98. The Bertz CT molecular complexity index is 998. The summed E-state index contributed by atoms with van der Waals surface area (Å²) in [6.07, 6.45) is 7.79. The van der Waals surface area contributed by atoms with E-state index in [1.54, 1.807) is 17.8 Å². The molecule has 26 heavy (non-hydrogen) atoms. The fraction of sp³-hybridized carbons (Fsp3) is 0.143. The Morgan fingerprint density at radius 2 is 2.00 bits per heavy atom. The lowest BCUT2D eigenvalue weighted by Gasteiger charge is -2.06. The van der Waals surface area contributed by atoms with Crippen LogP contribution in [0.25, 0.3) is 17.0 Å². The quantitative estimate of drug-likeness (QED) is 0.500. The number of rotatable bonds is 6. The smallest absolute Gasteiger partial charge is 0.248 e. The molecule has 5 heteroatoms. The van der Waals surface area contributed by atoms with E-state index in [4.69, 9.17) is 5.26 Å². The number of fused-ring (bicyclic) bond motifs is 1. The van der Waals surface area contributed by atoms with Crippen molar-refractivity contribution in [3.05, 3.63) is 66.4 Å². The molecule has 1 amide bonds. The second-order valence-electron chi connectivity index (χ2n) is 5.73. The van der Waals surface area contributed by atoms with Crippen molar-refractivity contribution in [3.8, 4) is 6.07 Å². The van der Waals surface area contributed by atoms with E-state index in [2.05, 4.69) is 16.0 Å². The minimum atomic E-state index is -0.166. The number of nitrogens with one attached hydrogen (secondary N) is 1. The van der Waals surface area contributed by atoms with Gasteiger partial charge in [0, 0.05) is 40.2 Å². The molecule has 0 atom stereocenters. The van der Waals surface area contributed by atoms with Crippen LogP contribution in [0.5, 0.6) is 0 Å². The lowest BCUT2D eigenvalue weighted by atomic mass is 10.1. The standard InChI is InChI=1S/C21H19N3OS/c1-26-20-10-5-3-8-18(20)23-21(25)12-11-16-15-24(14-6-13-22)19-9-4-2-7-17(16)19/h2-5,7-12,15H,6,14H2,1H3,(H,23,25)/b12-11+. The molecule has 130 valence electrons. The molecule has 3 rings (SSSR count). The topological polar surface area (TPSA) is 57.8 Å². The zero-order valence-electron chi connectivity index (χ0n) is 14.5. The number of nitriles is 1. The van der Waals surface area contributed by atoms with Crippen molar-refractivity contribution in [2.45, 2.75) is 17.9 Å². The fourth-order valence-electron chi connectivity index (χ4n) is 2.85. The van der Waals surface area contributed by atoms with Crippen LogP contribution in [0.1, 0.15) is 12.0 Å². The average molecular weight is 361 g/mol. The molecule has 0 fully saturated rings. The Kier molecular flexibility index (Phi) is 5.77. The number of nitrogens with zero attached hydrogens (tertiary/aromatic N) is 2. The number of carbonyl (C=O) groups is 1. The molecule has 0 saturated carbocycles. The Morgan fingerprint density at radius 1 is 1.23 bits per heavy atom. The number of carbonyl (C=O) groups excluding carboxylic acids is 1. The molecule has 0 radical (unpaired) electrons. The first-order valence-corrected chi connectivity index (χ1v) is 9.52. The van der Waals surface area contributed by atoms with E-state index in [0.29, 0.717) is 13.0 Å². The summed E-state index contributed by atoms with van der Waals surface area (Å²) in [5, 5.41) is 12.8. The third kappa shape index (κ3) is 3.98. The largest absolute Gasteiger partial charge is 0.346 e. The van der Waals surface area contributed by atoms with Crippen LogP contribution in [0.4, 0.5) is 5.69 Å². The highest BCUT2D eigenvalue weighted by Crippen LogP contribution is 2.25. The third-order valence-electron chi connectivity index (χ3n) is 4.06. The van der Waals surface area contributed by atoms with Crippen LogP contribution in [-0.2, 0) is 11.3 Å². The highest BCUT2D eigenvalue weighted by Gasteiger charge is 2.07. The van der Waals surface area contributed by atoms with Gasteiger partial charge in [-0.2, -0.15) is 5.26 Å². The highest BCUT2D eigenvalue weighted by atomic mass is 32.2. The number of hydrogen-bond donors (Lipinski definition) is 1. The van der Waals surface area contributed by atoms with Crippen LogP contribution in [0.3, 0.4) is 0 Å². The van der Waals surface area contributed by atoms with Gasteiger partial charge >= 0.3 is 0 Å². The average Bonchev–Trinajstić information content (AvgIpc) is 3.03. The van der Waals surface area contributed by atoms with Crippen molar-refractivity contribution in [2.75, 3.05) is 11.6 Å². The molecular formula is C21H19N3OS. The first-order chi connectivity index (χ1) is 12.7. The number of amides is 1. The van der Waals surface area contributed by atoms with Crippen LogP contribution in [0, 0.1) is 11.3 Å². The number of aromatic nitrogens is 1. The normalized spacial score (nSPS) is 10.9. The monoisotopic (exact) mass is 361 g/mol. The lowest BCUT2D eigenvalue weighted by Crippen LogP contribution is -2.08. The van der Waals surface area contributed by atoms with Crippen LogP contribution >= 0.6 is 11.8 Å². The molecule has 0 unspecified atom stereocenters. The van der Waals surface area contributed by atoms with Gasteiger partial charge in [0.2, 0.25) is 5.91 Å². The van der Waals surface area contributed by atoms with Gasteiger partial charge in [-0.15, -0.1) is 11.8 Å². The summed E-state index contributed by atoms with van der Waals surface area (Å²) in [6, 6.07) is 17.9. The molecule has 1 N–H and O–H groups in total. The lowest BCUT2D eigenvalue weighted by molar-refractivity contribution is -0.111. The molecule has 0 saturated heterocycles. The van der Waals surface area contributed by atoms with Gasteiger partial charge in [0.1, 0.15) is 0 Å². The van der Waals surface area contributed by atoms with Crippen LogP contribution in [-0.4, -0.2) is 16.7 Å². The first-order valence-electron chi connectivity index (χ1n) is 8.30. The van der Waals surface area contributed by atoms with Crippen molar-refractivity contribution in [1.82, 2.24) is 4.57 Å². The zero-order valence-corrected chi connectivity index (χ0v) is 15.3. The Hall–Kier alpha value is -2.97. The molecule has 0 aliphatic rings. The van der Waals surface area contributed by atoms with Crippen molar-refractivity contribution in [2.24, 2.45) is 0 Å². The summed E-state index contributed by atoms with van der Waals surface area (Å²) in [6.45, 7) is 0.637. The molecule has 0 bridgehead atoms. The number of anilines is 1. The van der Waals surface area contributed by atoms with Crippen molar-refractivity contribution < 1.29 is 4.79 Å². The molecule has 1 heterocycles. The predicted octanol–water partition coefficient (Wildman–Crippen LogP) is 4.93. The molecule has 4 nitrogen and oxygen atoms in total. The predicted molar refractivity (Wildman–Crippen MR) is 108 cm³/mol. The van der Waals surface area contributed by atoms with Gasteiger partial charge in [-0.1, -0.05) is 30.3 Å². The molecule has 0 aliphatic heterocycles. The van der Waals surface area contributed by atoms with Gasteiger partial charge < -0.3 is 9.88 Å². The number of aryl methyl sites for hydroxylation is 1. The molecule has 2 aromatic carbocycles. The molecule has 0 aliphatic carbocycles. The molecule has 3 aromatic rings. The van der Waals surface area contributed by atoms with Gasteiger partial charge in [-0.3, -0.25) is 4.79 Å². The summed E-state index contributed by atoms with van der Waals surface area (Å²) in [5.74, 6) is -0.166. The van der Waals surface area contributed by atoms with Gasteiger partial charge in [0.15, 0.2) is 0 Å². The summed E-state index contributed by atoms with van der Waals surface area (Å²) in [4.78, 5) is 13.3. The minimum absolute atomic E-state index is 0.166. The van der Waals surface area contributed by atoms with Crippen LogP contribution in [0.15, 0.2) is 65.7 Å². The Morgan fingerprint density at radius 3 is 2.81 bits per heavy atom. The van der Waals surface area contributed by atoms with E-state index in [0.717, 1.165) is 27.0 Å². The maximum Gasteiger partial charge on any atom is 0.248 e. The van der Waals surface area contributed by atoms with Crippen LogP contribution in [0.2, 0.25) is 0 Å². The van der Waals surface area contributed by atoms with E-state index in [1.165, 1.54) is 0 Å². The Labute approximate surface area is 157 Å². The summed E-state index contributed by atoms with van der Waals surface area (Å²) < 4.78 is 2.05. The molecule has 0 spiro atoms. The van der Waals surface area contributed by atoms with E-state index < -0.39 is 0 Å². The van der Waals surface area contributed by atoms with E-state index in [-0.39, 0.29) is 5.91 Å². The summed E-state index contributed by atoms with van der Waals surface area (Å²) in [5.41, 5.74) is 2.84. The van der Waals surface area contributed by atoms with E-state index in [9.17, 15) is 4.79 Å². The van der Waals surface area contributed by atoms with E-state index >= 15 is 0 Å². The van der Waals surface area contributed by atoms with Crippen LogP contribution < -0.4 is 5.32 Å². The van der Waals surface area contributed by atoms with Crippen molar-refractivity contribution in [1.29, 1.82) is 5.26 Å². The van der Waals surface area contributed by atoms with Gasteiger partial charge in [0.25, 0.3) is 0 Å². The molecule has 1 aromatic heterocycles. The summed E-state index contributed by atoms with van der Waals surface area (Å²) in [7, 11) is 0. The number of thioether (sulfide) groups is 1. The first kappa shape index (κ1) is 17.8. The maximum absolute atomic E-state index is 12.3. The van der Waals surface area contributed by atoms with Crippen molar-refractivity contribution >= 4 is 40.3 Å². The number of benzene rings is 2. The van der Waals surface area contributed by atoms with E-state index in [1.807, 2.05) is 67.1 Å². The van der Waals surface area contributed by atoms with Gasteiger partial charge in [-0.05, 0) is 30.5 Å². The number of hydrogen-bond acceptors (Lipinski definition) is 3. The fourth-order valence-corrected chi connectivity index (χ4v) is 3.40. The zero-order chi connectivity index (χ0) is 18.4. The van der Waals surface area contributed by atoms with Gasteiger partial charge in [-0.25, -0.2) is 0 Å². The maximum atomic E-state index is 12.3. The van der Waals surface area contributed by atoms with Crippen molar-refractivity contribution in [3.63, 3.8) is 0 Å². The SMILES string of the molecule is CSc1ccccc1NC(=O)/C=C/c1cn(CCC#N)c2ccccc12.